The van der Waals surface area contributed by atoms with E-state index in [0.717, 1.165) is 6.26 Å². The van der Waals surface area contributed by atoms with Crippen LogP contribution in [0.3, 0.4) is 0 Å². The molecule has 166 valence electrons. The van der Waals surface area contributed by atoms with Gasteiger partial charge in [-0.05, 0) is 42.0 Å². The van der Waals surface area contributed by atoms with E-state index in [-0.39, 0.29) is 42.7 Å². The van der Waals surface area contributed by atoms with E-state index in [1.54, 1.807) is 13.0 Å². The summed E-state index contributed by atoms with van der Waals surface area (Å²) in [6.07, 6.45) is 1.88. The van der Waals surface area contributed by atoms with Gasteiger partial charge in [-0.3, -0.25) is 4.72 Å². The number of hydrogen-bond acceptors (Lipinski definition) is 7. The van der Waals surface area contributed by atoms with Crippen LogP contribution in [0.2, 0.25) is 5.02 Å². The molecule has 0 aliphatic carbocycles. The quantitative estimate of drug-likeness (QED) is 0.499. The molecule has 0 radical (unpaired) electrons. The van der Waals surface area contributed by atoms with E-state index >= 15 is 0 Å². The van der Waals surface area contributed by atoms with Gasteiger partial charge in [0.2, 0.25) is 21.9 Å². The third-order valence-corrected chi connectivity index (χ3v) is 5.03. The van der Waals surface area contributed by atoms with Crippen LogP contribution in [0, 0.1) is 11.7 Å². The van der Waals surface area contributed by atoms with E-state index in [2.05, 4.69) is 25.0 Å². The minimum Gasteiger partial charge on any atom is -0.394 e. The fourth-order valence-electron chi connectivity index (χ4n) is 2.99. The van der Waals surface area contributed by atoms with Gasteiger partial charge >= 0.3 is 0 Å². The second-order valence-electron chi connectivity index (χ2n) is 7.70. The molecule has 1 aromatic heterocycles. The van der Waals surface area contributed by atoms with Crippen molar-refractivity contribution in [2.45, 2.75) is 45.6 Å². The molecule has 0 fully saturated rings. The lowest BCUT2D eigenvalue weighted by molar-refractivity contribution is 0.259. The van der Waals surface area contributed by atoms with Crippen molar-refractivity contribution in [2.24, 2.45) is 5.92 Å². The molecule has 0 amide bonds. The van der Waals surface area contributed by atoms with Crippen molar-refractivity contribution in [3.63, 3.8) is 0 Å². The molecule has 1 aromatic carbocycles. The van der Waals surface area contributed by atoms with Crippen LogP contribution in [0.5, 0.6) is 0 Å². The van der Waals surface area contributed by atoms with Crippen LogP contribution in [0.4, 0.5) is 16.3 Å². The highest BCUT2D eigenvalue weighted by atomic mass is 35.5. The Morgan fingerprint density at radius 1 is 1.17 bits per heavy atom. The highest BCUT2D eigenvalue weighted by molar-refractivity contribution is 7.91. The van der Waals surface area contributed by atoms with E-state index in [1.165, 1.54) is 12.1 Å². The molecule has 0 spiro atoms. The Morgan fingerprint density at radius 3 is 2.43 bits per heavy atom. The largest absolute Gasteiger partial charge is 0.394 e. The number of aromatic nitrogens is 3. The number of aliphatic hydroxyl groups is 1. The first-order valence-corrected chi connectivity index (χ1v) is 11.8. The predicted octanol–water partition coefficient (Wildman–Crippen LogP) is 3.20. The van der Waals surface area contributed by atoms with Gasteiger partial charge in [0.05, 0.1) is 18.9 Å². The monoisotopic (exact) mass is 459 g/mol. The second kappa shape index (κ2) is 10.3. The van der Waals surface area contributed by atoms with Gasteiger partial charge in [-0.1, -0.05) is 32.4 Å². The molecule has 0 saturated heterocycles. The molecule has 0 saturated carbocycles. The molecule has 0 aliphatic heterocycles. The van der Waals surface area contributed by atoms with Gasteiger partial charge in [-0.25, -0.2) is 12.8 Å². The molecule has 0 bridgehead atoms. The number of sulfonamides is 1. The molecule has 2 atom stereocenters. The summed E-state index contributed by atoms with van der Waals surface area (Å²) < 4.78 is 39.7. The smallest absolute Gasteiger partial charge is 0.241 e. The highest BCUT2D eigenvalue weighted by Crippen LogP contribution is 2.25. The molecular weight excluding hydrogens is 433 g/mol. The van der Waals surface area contributed by atoms with E-state index in [9.17, 15) is 17.9 Å². The van der Waals surface area contributed by atoms with Crippen molar-refractivity contribution in [2.75, 3.05) is 22.9 Å². The van der Waals surface area contributed by atoms with Gasteiger partial charge in [0.1, 0.15) is 11.6 Å². The maximum Gasteiger partial charge on any atom is 0.241 e. The van der Waals surface area contributed by atoms with Crippen molar-refractivity contribution in [3.05, 3.63) is 40.4 Å². The predicted molar refractivity (Wildman–Crippen MR) is 116 cm³/mol. The summed E-state index contributed by atoms with van der Waals surface area (Å²) in [5, 5.41) is 13.0. The first kappa shape index (κ1) is 24.2. The van der Waals surface area contributed by atoms with Crippen molar-refractivity contribution >= 4 is 33.5 Å². The molecule has 1 heterocycles. The lowest BCUT2D eigenvalue weighted by Crippen LogP contribution is -2.27. The first-order chi connectivity index (χ1) is 14.0. The molecule has 3 N–H and O–H groups in total. The molecule has 30 heavy (non-hydrogen) atoms. The Hall–Kier alpha value is -2.04. The summed E-state index contributed by atoms with van der Waals surface area (Å²) in [5.41, 5.74) is 0.406. The topological polar surface area (TPSA) is 117 Å². The minimum absolute atomic E-state index is 0.129. The highest BCUT2D eigenvalue weighted by Gasteiger charge is 2.18. The van der Waals surface area contributed by atoms with E-state index < -0.39 is 15.8 Å². The molecule has 2 aromatic rings. The number of aliphatic hydroxyl groups excluding tert-OH is 1. The van der Waals surface area contributed by atoms with Gasteiger partial charge in [0.25, 0.3) is 0 Å². The molecule has 0 aliphatic rings. The summed E-state index contributed by atoms with van der Waals surface area (Å²) in [6, 6.07) is 4.00. The van der Waals surface area contributed by atoms with Gasteiger partial charge in [0, 0.05) is 11.4 Å². The molecule has 2 rings (SSSR count). The third kappa shape index (κ3) is 7.66. The van der Waals surface area contributed by atoms with E-state index in [1.807, 2.05) is 13.8 Å². The number of benzene rings is 1. The van der Waals surface area contributed by atoms with Crippen LogP contribution in [0.25, 0.3) is 0 Å². The SMILES string of the molecule is CC(C)CC(CO)Nc1nc(CC(C)c2cc(Cl)ccc2F)nc(NS(C)(=O)=O)n1. The Balaban J connectivity index is 2.34. The third-order valence-electron chi connectivity index (χ3n) is 4.25. The Labute approximate surface area is 181 Å². The molecule has 2 unspecified atom stereocenters. The zero-order chi connectivity index (χ0) is 22.5. The van der Waals surface area contributed by atoms with Crippen molar-refractivity contribution in [3.8, 4) is 0 Å². The number of anilines is 2. The van der Waals surface area contributed by atoms with Crippen LogP contribution < -0.4 is 10.0 Å². The summed E-state index contributed by atoms with van der Waals surface area (Å²) in [5.74, 6) is -0.155. The summed E-state index contributed by atoms with van der Waals surface area (Å²) in [6.45, 7) is 5.69. The zero-order valence-corrected chi connectivity index (χ0v) is 18.9. The lowest BCUT2D eigenvalue weighted by Gasteiger charge is -2.19. The maximum absolute atomic E-state index is 14.2. The van der Waals surface area contributed by atoms with Gasteiger partial charge < -0.3 is 10.4 Å². The van der Waals surface area contributed by atoms with Crippen molar-refractivity contribution in [1.82, 2.24) is 15.0 Å². The van der Waals surface area contributed by atoms with Crippen LogP contribution in [-0.4, -0.2) is 47.4 Å². The molecule has 8 nitrogen and oxygen atoms in total. The Morgan fingerprint density at radius 2 is 1.83 bits per heavy atom. The maximum atomic E-state index is 14.2. The fraction of sp³-hybridized carbons (Fsp3) is 0.526. The fourth-order valence-corrected chi connectivity index (χ4v) is 3.60. The molecular formula is C19H27ClFN5O3S. The van der Waals surface area contributed by atoms with Crippen molar-refractivity contribution in [1.29, 1.82) is 0 Å². The second-order valence-corrected chi connectivity index (χ2v) is 9.88. The average molecular weight is 460 g/mol. The summed E-state index contributed by atoms with van der Waals surface area (Å²) >= 11 is 5.98. The summed E-state index contributed by atoms with van der Waals surface area (Å²) in [7, 11) is -3.61. The number of hydrogen-bond donors (Lipinski definition) is 3. The van der Waals surface area contributed by atoms with E-state index in [4.69, 9.17) is 11.6 Å². The standard InChI is InChI=1S/C19H27ClFN5O3S/c1-11(2)7-14(10-27)22-18-23-17(24-19(25-18)26-30(4,28)29)8-12(3)15-9-13(20)5-6-16(15)21/h5-6,9,11-12,14,27H,7-8,10H2,1-4H3,(H2,22,23,24,25,26). The number of halogens is 2. The van der Waals surface area contributed by atoms with E-state index in [0.29, 0.717) is 22.9 Å². The normalized spacial score (nSPS) is 13.9. The molecule has 11 heteroatoms. The lowest BCUT2D eigenvalue weighted by atomic mass is 9.97. The van der Waals surface area contributed by atoms with Gasteiger partial charge in [-0.15, -0.1) is 0 Å². The van der Waals surface area contributed by atoms with Gasteiger partial charge in [0.15, 0.2) is 0 Å². The first-order valence-electron chi connectivity index (χ1n) is 9.52. The van der Waals surface area contributed by atoms with Crippen LogP contribution >= 0.6 is 11.6 Å². The van der Waals surface area contributed by atoms with Crippen molar-refractivity contribution < 1.29 is 17.9 Å². The summed E-state index contributed by atoms with van der Waals surface area (Å²) in [4.78, 5) is 12.6. The van der Waals surface area contributed by atoms with Crippen LogP contribution in [0.1, 0.15) is 44.5 Å². The van der Waals surface area contributed by atoms with Crippen LogP contribution in [-0.2, 0) is 16.4 Å². The average Bonchev–Trinajstić information content (AvgIpc) is 2.61. The number of nitrogens with zero attached hydrogens (tertiary/aromatic N) is 3. The van der Waals surface area contributed by atoms with Gasteiger partial charge in [-0.2, -0.15) is 15.0 Å². The Bertz CT molecular complexity index is 975. The Kier molecular flexibility index (Phi) is 8.34. The minimum atomic E-state index is -3.61. The number of nitrogens with one attached hydrogen (secondary N) is 2. The number of rotatable bonds is 10. The zero-order valence-electron chi connectivity index (χ0n) is 17.4. The van der Waals surface area contributed by atoms with Crippen LogP contribution in [0.15, 0.2) is 18.2 Å².